The lowest BCUT2D eigenvalue weighted by atomic mass is 10.2. The van der Waals surface area contributed by atoms with Gasteiger partial charge >= 0.3 is 0 Å². The molecule has 0 bridgehead atoms. The zero-order valence-corrected chi connectivity index (χ0v) is 23.8. The summed E-state index contributed by atoms with van der Waals surface area (Å²) in [6.45, 7) is 11.1. The lowest BCUT2D eigenvalue weighted by molar-refractivity contribution is -0.118. The maximum atomic E-state index is 13.3. The predicted octanol–water partition coefficient (Wildman–Crippen LogP) is 5.92. The van der Waals surface area contributed by atoms with Crippen LogP contribution in [0.25, 0.3) is 10.2 Å². The Labute approximate surface area is 223 Å². The van der Waals surface area contributed by atoms with Crippen molar-refractivity contribution in [3.05, 3.63) is 52.5 Å². The van der Waals surface area contributed by atoms with Crippen molar-refractivity contribution in [2.75, 3.05) is 36.8 Å². The number of hydrogen-bond donors (Lipinski definition) is 0. The summed E-state index contributed by atoms with van der Waals surface area (Å²) in [4.78, 5) is 22.3. The maximum absolute atomic E-state index is 13.3. The molecule has 0 N–H and O–H groups in total. The van der Waals surface area contributed by atoms with Crippen molar-refractivity contribution >= 4 is 66.4 Å². The van der Waals surface area contributed by atoms with Crippen LogP contribution in [-0.2, 0) is 14.6 Å². The summed E-state index contributed by atoms with van der Waals surface area (Å²) < 4.78 is 26.3. The van der Waals surface area contributed by atoms with Crippen molar-refractivity contribution in [1.29, 1.82) is 0 Å². The lowest BCUT2D eigenvalue weighted by Crippen LogP contribution is -2.38. The van der Waals surface area contributed by atoms with E-state index in [1.54, 1.807) is 29.2 Å². The number of sulfone groups is 1. The molecule has 10 heteroatoms. The number of benzene rings is 2. The SMILES string of the molecule is CCN(CC)CCN(C(=O)CCCS(=O)(=O)c1ccc(C)cc1)c1nc2c(C)cc(Cl)cc2s1.Cl. The monoisotopic (exact) mass is 557 g/mol. The molecule has 2 aromatic carbocycles. The molecule has 35 heavy (non-hydrogen) atoms. The summed E-state index contributed by atoms with van der Waals surface area (Å²) >= 11 is 7.66. The average Bonchev–Trinajstić information content (AvgIpc) is 3.21. The number of likely N-dealkylation sites (N-methyl/N-ethyl adjacent to an activating group) is 1. The highest BCUT2D eigenvalue weighted by Gasteiger charge is 2.22. The van der Waals surface area contributed by atoms with Crippen molar-refractivity contribution in [2.24, 2.45) is 0 Å². The second-order valence-corrected chi connectivity index (χ2v) is 11.9. The molecule has 0 atom stereocenters. The van der Waals surface area contributed by atoms with Gasteiger partial charge < -0.3 is 4.90 Å². The van der Waals surface area contributed by atoms with E-state index in [1.165, 1.54) is 11.3 Å². The summed E-state index contributed by atoms with van der Waals surface area (Å²) in [6, 6.07) is 10.6. The first kappa shape index (κ1) is 29.5. The molecule has 0 aliphatic heterocycles. The normalized spacial score (nSPS) is 11.6. The molecule has 0 fully saturated rings. The molecule has 1 aromatic heterocycles. The van der Waals surface area contributed by atoms with Gasteiger partial charge in [-0.1, -0.05) is 54.5 Å². The molecule has 0 spiro atoms. The first-order chi connectivity index (χ1) is 16.1. The Kier molecular flexibility index (Phi) is 11.0. The van der Waals surface area contributed by atoms with Crippen LogP contribution in [0.3, 0.4) is 0 Å². The fourth-order valence-corrected chi connectivity index (χ4v) is 6.55. The van der Waals surface area contributed by atoms with Gasteiger partial charge in [0, 0.05) is 24.5 Å². The Balaban J connectivity index is 0.00000432. The number of carbonyl (C=O) groups excluding carboxylic acids is 1. The van der Waals surface area contributed by atoms with Crippen LogP contribution in [0.15, 0.2) is 41.3 Å². The second-order valence-electron chi connectivity index (χ2n) is 8.37. The quantitative estimate of drug-likeness (QED) is 0.292. The van der Waals surface area contributed by atoms with Crippen LogP contribution in [0, 0.1) is 13.8 Å². The molecular formula is C25H33Cl2N3O3S2. The summed E-state index contributed by atoms with van der Waals surface area (Å²) in [5.74, 6) is -0.186. The summed E-state index contributed by atoms with van der Waals surface area (Å²) in [7, 11) is -3.43. The average molecular weight is 559 g/mol. The number of thiazole rings is 1. The van der Waals surface area contributed by atoms with E-state index in [0.717, 1.165) is 41.0 Å². The van der Waals surface area contributed by atoms with E-state index >= 15 is 0 Å². The van der Waals surface area contributed by atoms with Gasteiger partial charge in [0.15, 0.2) is 15.0 Å². The van der Waals surface area contributed by atoms with Gasteiger partial charge in [0.1, 0.15) is 0 Å². The van der Waals surface area contributed by atoms with Gasteiger partial charge in [0.05, 0.1) is 20.9 Å². The van der Waals surface area contributed by atoms with Crippen LogP contribution in [0.5, 0.6) is 0 Å². The van der Waals surface area contributed by atoms with E-state index in [2.05, 4.69) is 18.7 Å². The van der Waals surface area contributed by atoms with Crippen molar-refractivity contribution in [3.8, 4) is 0 Å². The van der Waals surface area contributed by atoms with Crippen LogP contribution in [0.2, 0.25) is 5.02 Å². The van der Waals surface area contributed by atoms with Gasteiger partial charge in [-0.25, -0.2) is 13.4 Å². The Hall–Kier alpha value is -1.71. The molecule has 0 unspecified atom stereocenters. The summed E-state index contributed by atoms with van der Waals surface area (Å²) in [5.41, 5.74) is 2.81. The highest BCUT2D eigenvalue weighted by Crippen LogP contribution is 2.33. The van der Waals surface area contributed by atoms with Gasteiger partial charge in [-0.15, -0.1) is 12.4 Å². The summed E-state index contributed by atoms with van der Waals surface area (Å²) in [5, 5.41) is 1.27. The number of anilines is 1. The van der Waals surface area contributed by atoms with Gasteiger partial charge in [-0.2, -0.15) is 0 Å². The number of amides is 1. The minimum Gasteiger partial charge on any atom is -0.302 e. The fraction of sp³-hybridized carbons (Fsp3) is 0.440. The van der Waals surface area contributed by atoms with Gasteiger partial charge in [-0.05, 0) is 63.2 Å². The highest BCUT2D eigenvalue weighted by molar-refractivity contribution is 7.91. The second kappa shape index (κ2) is 13.0. The molecule has 6 nitrogen and oxygen atoms in total. The molecule has 0 saturated heterocycles. The number of rotatable bonds is 11. The third-order valence-corrected chi connectivity index (χ3v) is 8.95. The smallest absolute Gasteiger partial charge is 0.228 e. The molecule has 192 valence electrons. The zero-order chi connectivity index (χ0) is 24.9. The number of aromatic nitrogens is 1. The molecular weight excluding hydrogens is 525 g/mol. The number of aryl methyl sites for hydroxylation is 2. The molecule has 1 amide bonds. The van der Waals surface area contributed by atoms with E-state index in [4.69, 9.17) is 16.6 Å². The Bertz CT molecular complexity index is 1240. The van der Waals surface area contributed by atoms with Crippen molar-refractivity contribution in [2.45, 2.75) is 45.4 Å². The number of nitrogens with zero attached hydrogens (tertiary/aromatic N) is 3. The number of fused-ring (bicyclic) bond motifs is 1. The number of hydrogen-bond acceptors (Lipinski definition) is 6. The van der Waals surface area contributed by atoms with Crippen LogP contribution in [0.1, 0.15) is 37.8 Å². The largest absolute Gasteiger partial charge is 0.302 e. The molecule has 0 aliphatic carbocycles. The Morgan fingerprint density at radius 1 is 1.06 bits per heavy atom. The minimum absolute atomic E-state index is 0. The van der Waals surface area contributed by atoms with Gasteiger partial charge in [0.25, 0.3) is 0 Å². The van der Waals surface area contributed by atoms with Gasteiger partial charge in [-0.3, -0.25) is 9.69 Å². The van der Waals surface area contributed by atoms with Crippen LogP contribution in [-0.4, -0.2) is 56.1 Å². The fourth-order valence-electron chi connectivity index (χ4n) is 3.78. The molecule has 3 rings (SSSR count). The summed E-state index contributed by atoms with van der Waals surface area (Å²) in [6.07, 6.45) is 0.394. The van der Waals surface area contributed by atoms with Crippen molar-refractivity contribution < 1.29 is 13.2 Å². The zero-order valence-electron chi connectivity index (χ0n) is 20.6. The third-order valence-electron chi connectivity index (χ3n) is 5.89. The van der Waals surface area contributed by atoms with E-state index in [1.807, 2.05) is 26.0 Å². The van der Waals surface area contributed by atoms with Gasteiger partial charge in [0.2, 0.25) is 5.91 Å². The predicted molar refractivity (Wildman–Crippen MR) is 149 cm³/mol. The van der Waals surface area contributed by atoms with Crippen LogP contribution >= 0.6 is 35.3 Å². The van der Waals surface area contributed by atoms with E-state index < -0.39 is 9.84 Å². The van der Waals surface area contributed by atoms with Crippen molar-refractivity contribution in [3.63, 3.8) is 0 Å². The highest BCUT2D eigenvalue weighted by atomic mass is 35.5. The number of halogens is 2. The first-order valence-electron chi connectivity index (χ1n) is 11.5. The van der Waals surface area contributed by atoms with E-state index in [0.29, 0.717) is 21.6 Å². The molecule has 1 heterocycles. The maximum Gasteiger partial charge on any atom is 0.228 e. The van der Waals surface area contributed by atoms with E-state index in [-0.39, 0.29) is 36.9 Å². The molecule has 0 saturated carbocycles. The molecule has 0 aliphatic rings. The van der Waals surface area contributed by atoms with Crippen LogP contribution in [0.4, 0.5) is 5.13 Å². The topological polar surface area (TPSA) is 70.6 Å². The lowest BCUT2D eigenvalue weighted by Gasteiger charge is -2.24. The molecule has 3 aromatic rings. The van der Waals surface area contributed by atoms with E-state index in [9.17, 15) is 13.2 Å². The molecule has 0 radical (unpaired) electrons. The minimum atomic E-state index is -3.43. The first-order valence-corrected chi connectivity index (χ1v) is 14.4. The number of carbonyl (C=O) groups is 1. The Morgan fingerprint density at radius 3 is 2.34 bits per heavy atom. The van der Waals surface area contributed by atoms with Crippen molar-refractivity contribution in [1.82, 2.24) is 9.88 Å². The van der Waals surface area contributed by atoms with Crippen LogP contribution < -0.4 is 4.90 Å². The standard InChI is InChI=1S/C25H32ClN3O3S2.ClH/c1-5-28(6-2)13-14-29(25-27-24-19(4)16-20(26)17-22(24)33-25)23(30)8-7-15-34(31,32)21-11-9-18(3)10-12-21;/h9-12,16-17H,5-8,13-15H2,1-4H3;1H. The Morgan fingerprint density at radius 2 is 1.71 bits per heavy atom. The third kappa shape index (κ3) is 7.64.